The highest BCUT2D eigenvalue weighted by Crippen LogP contribution is 2.40. The summed E-state index contributed by atoms with van der Waals surface area (Å²) in [4.78, 5) is 20.4. The van der Waals surface area contributed by atoms with Crippen molar-refractivity contribution in [2.45, 2.75) is 70.8 Å². The van der Waals surface area contributed by atoms with Gasteiger partial charge in [-0.1, -0.05) is 50.1 Å². The number of ketones is 1. The van der Waals surface area contributed by atoms with E-state index in [4.69, 9.17) is 4.98 Å². The van der Waals surface area contributed by atoms with Crippen molar-refractivity contribution >= 4 is 22.5 Å². The van der Waals surface area contributed by atoms with Crippen LogP contribution in [0, 0.1) is 5.82 Å². The van der Waals surface area contributed by atoms with E-state index in [0.717, 1.165) is 66.5 Å². The van der Waals surface area contributed by atoms with Gasteiger partial charge in [-0.3, -0.25) is 4.79 Å². The van der Waals surface area contributed by atoms with Gasteiger partial charge in [0, 0.05) is 44.2 Å². The van der Waals surface area contributed by atoms with E-state index in [-0.39, 0.29) is 11.6 Å². The van der Waals surface area contributed by atoms with Crippen LogP contribution in [0.1, 0.15) is 86.0 Å². The number of imidazole rings is 1. The lowest BCUT2D eigenvalue weighted by Gasteiger charge is -2.34. The molecule has 0 bridgehead atoms. The van der Waals surface area contributed by atoms with E-state index in [2.05, 4.69) is 58.7 Å². The molecule has 0 unspecified atom stereocenters. The van der Waals surface area contributed by atoms with Crippen molar-refractivity contribution in [1.29, 1.82) is 0 Å². The molecule has 0 spiro atoms. The first-order valence-corrected chi connectivity index (χ1v) is 15.8. The first kappa shape index (κ1) is 28.6. The monoisotopic (exact) mass is 566 g/mol. The van der Waals surface area contributed by atoms with Gasteiger partial charge in [-0.05, 0) is 92.6 Å². The molecule has 7 rings (SSSR count). The summed E-state index contributed by atoms with van der Waals surface area (Å²) in [5, 5.41) is 0. The van der Waals surface area contributed by atoms with E-state index in [1.54, 1.807) is 13.0 Å². The first-order valence-electron chi connectivity index (χ1n) is 15.8. The summed E-state index contributed by atoms with van der Waals surface area (Å²) >= 11 is 0. The average molecular weight is 567 g/mol. The van der Waals surface area contributed by atoms with E-state index in [0.29, 0.717) is 5.92 Å². The number of benzene rings is 3. The molecule has 5 nitrogen and oxygen atoms in total. The Hall–Kier alpha value is -3.51. The Kier molecular flexibility index (Phi) is 8.43. The van der Waals surface area contributed by atoms with E-state index in [1.807, 2.05) is 24.3 Å². The molecule has 1 atom stereocenters. The quantitative estimate of drug-likeness (QED) is 0.212. The molecule has 0 amide bonds. The van der Waals surface area contributed by atoms with Crippen molar-refractivity contribution < 1.29 is 9.18 Å². The van der Waals surface area contributed by atoms with Crippen LogP contribution in [0.3, 0.4) is 0 Å². The summed E-state index contributed by atoms with van der Waals surface area (Å²) in [5.41, 5.74) is 7.14. The van der Waals surface area contributed by atoms with Crippen molar-refractivity contribution in [3.8, 4) is 11.1 Å². The van der Waals surface area contributed by atoms with Gasteiger partial charge in [-0.15, -0.1) is 0 Å². The topological polar surface area (TPSA) is 41.4 Å². The van der Waals surface area contributed by atoms with Crippen molar-refractivity contribution in [3.63, 3.8) is 0 Å². The third kappa shape index (κ3) is 6.14. The molecule has 3 heterocycles. The maximum absolute atomic E-state index is 15.0. The molecular weight excluding hydrogens is 523 g/mol. The second-order valence-corrected chi connectivity index (χ2v) is 12.4. The molecule has 4 aromatic rings. The number of piperazine rings is 1. The molecule has 1 aliphatic carbocycles. The van der Waals surface area contributed by atoms with Crippen molar-refractivity contribution in [1.82, 2.24) is 14.5 Å². The number of anilines is 1. The molecule has 220 valence electrons. The van der Waals surface area contributed by atoms with E-state index >= 15 is 0 Å². The summed E-state index contributed by atoms with van der Waals surface area (Å²) in [7, 11) is 2.12. The molecular formula is C36H43FN4O. The molecule has 1 aromatic heterocycles. The van der Waals surface area contributed by atoms with Gasteiger partial charge in [-0.2, -0.15) is 0 Å². The summed E-state index contributed by atoms with van der Waals surface area (Å²) in [5.74, 6) is 2.60. The smallest absolute Gasteiger partial charge is 0.159 e. The Morgan fingerprint density at radius 2 is 1.69 bits per heavy atom. The summed E-state index contributed by atoms with van der Waals surface area (Å²) in [6.45, 7) is 8.61. The molecule has 6 heteroatoms. The lowest BCUT2D eigenvalue weighted by atomic mass is 10.0. The number of halogens is 1. The predicted octanol–water partition coefficient (Wildman–Crippen LogP) is 8.04. The van der Waals surface area contributed by atoms with Gasteiger partial charge in [0.25, 0.3) is 0 Å². The number of unbranched alkanes of at least 4 members (excludes halogenated alkanes) is 1. The molecule has 2 fully saturated rings. The van der Waals surface area contributed by atoms with Crippen molar-refractivity contribution in [2.75, 3.05) is 38.1 Å². The standard InChI is InChI=1S/C25H31FN4.C11H12O/c1-3-4-5-18-10-11-30-24-17-20(6-8-22(24)27-25(18)30)19-7-9-23(21(26)16-19)29-14-12-28(2)13-15-29;1-8(12)10-3-2-4-11(7-10)9-5-6-9/h6-9,16-18H,3-5,10-15H2,1-2H3;2-4,7,9H,5-6H2,1H3/t18-;/m1./s1. The normalized spacial score (nSPS) is 18.6. The number of hydrogen-bond acceptors (Lipinski definition) is 4. The number of hydrogen-bond donors (Lipinski definition) is 0. The maximum atomic E-state index is 15.0. The molecule has 1 saturated heterocycles. The van der Waals surface area contributed by atoms with Crippen LogP contribution in [0.5, 0.6) is 0 Å². The van der Waals surface area contributed by atoms with E-state index in [9.17, 15) is 9.18 Å². The number of likely N-dealkylation sites (N-methyl/N-ethyl adjacent to an activating group) is 1. The lowest BCUT2D eigenvalue weighted by Crippen LogP contribution is -2.44. The van der Waals surface area contributed by atoms with Crippen LogP contribution in [0.2, 0.25) is 0 Å². The minimum absolute atomic E-state index is 0.129. The Labute approximate surface area is 249 Å². The number of rotatable bonds is 7. The number of Topliss-reactive ketones (excluding diaryl/α,β-unsaturated/α-hetero) is 1. The minimum atomic E-state index is -0.129. The summed E-state index contributed by atoms with van der Waals surface area (Å²) in [6.07, 6.45) is 7.50. The molecule has 1 saturated carbocycles. The number of fused-ring (bicyclic) bond motifs is 3. The number of carbonyl (C=O) groups is 1. The molecule has 3 aromatic carbocycles. The highest BCUT2D eigenvalue weighted by molar-refractivity contribution is 5.94. The first-order chi connectivity index (χ1) is 20.4. The minimum Gasteiger partial charge on any atom is -0.367 e. The zero-order valence-electron chi connectivity index (χ0n) is 25.3. The van der Waals surface area contributed by atoms with Gasteiger partial charge in [0.1, 0.15) is 11.6 Å². The van der Waals surface area contributed by atoms with Crippen LogP contribution in [0.25, 0.3) is 22.2 Å². The van der Waals surface area contributed by atoms with Crippen LogP contribution in [-0.2, 0) is 6.54 Å². The SMILES string of the molecule is CC(=O)c1cccc(C2CC2)c1.CCCC[C@@H]1CCn2c1nc1ccc(-c3ccc(N4CCN(C)CC4)c(F)c3)cc12. The molecule has 2 aliphatic heterocycles. The highest BCUT2D eigenvalue weighted by atomic mass is 19.1. The van der Waals surface area contributed by atoms with Gasteiger partial charge in [0.05, 0.1) is 16.7 Å². The molecule has 0 N–H and O–H groups in total. The molecule has 42 heavy (non-hydrogen) atoms. The Bertz CT molecular complexity index is 1560. The molecule has 0 radical (unpaired) electrons. The summed E-state index contributed by atoms with van der Waals surface area (Å²) in [6, 6.07) is 20.1. The van der Waals surface area contributed by atoms with Crippen LogP contribution in [0.4, 0.5) is 10.1 Å². The van der Waals surface area contributed by atoms with Gasteiger partial charge in [-0.25, -0.2) is 9.37 Å². The van der Waals surface area contributed by atoms with Crippen LogP contribution < -0.4 is 4.90 Å². The Morgan fingerprint density at radius 3 is 2.40 bits per heavy atom. The van der Waals surface area contributed by atoms with Gasteiger partial charge in [0.2, 0.25) is 0 Å². The second-order valence-electron chi connectivity index (χ2n) is 12.4. The van der Waals surface area contributed by atoms with Crippen molar-refractivity contribution in [2.24, 2.45) is 0 Å². The van der Waals surface area contributed by atoms with Gasteiger partial charge in [0.15, 0.2) is 5.78 Å². The Morgan fingerprint density at radius 1 is 0.929 bits per heavy atom. The fraction of sp³-hybridized carbons (Fsp3) is 0.444. The van der Waals surface area contributed by atoms with Crippen molar-refractivity contribution in [3.05, 3.63) is 83.4 Å². The third-order valence-electron chi connectivity index (χ3n) is 9.22. The fourth-order valence-electron chi connectivity index (χ4n) is 6.42. The van der Waals surface area contributed by atoms with E-state index < -0.39 is 0 Å². The van der Waals surface area contributed by atoms with Gasteiger partial charge < -0.3 is 14.4 Å². The summed E-state index contributed by atoms with van der Waals surface area (Å²) < 4.78 is 17.4. The zero-order chi connectivity index (χ0) is 29.2. The van der Waals surface area contributed by atoms with Crippen LogP contribution >= 0.6 is 0 Å². The lowest BCUT2D eigenvalue weighted by molar-refractivity contribution is 0.101. The van der Waals surface area contributed by atoms with Gasteiger partial charge >= 0.3 is 0 Å². The zero-order valence-corrected chi connectivity index (χ0v) is 25.3. The number of aromatic nitrogens is 2. The third-order valence-corrected chi connectivity index (χ3v) is 9.22. The highest BCUT2D eigenvalue weighted by Gasteiger charge is 2.26. The molecule has 3 aliphatic rings. The Balaban J connectivity index is 0.000000219. The largest absolute Gasteiger partial charge is 0.367 e. The fourth-order valence-corrected chi connectivity index (χ4v) is 6.42. The predicted molar refractivity (Wildman–Crippen MR) is 170 cm³/mol. The van der Waals surface area contributed by atoms with E-state index in [1.165, 1.54) is 55.4 Å². The second kappa shape index (κ2) is 12.4. The number of aryl methyl sites for hydroxylation is 1. The number of carbonyl (C=O) groups excluding carboxylic acids is 1. The average Bonchev–Trinajstić information content (AvgIpc) is 3.69. The van der Waals surface area contributed by atoms with Crippen LogP contribution in [-0.4, -0.2) is 53.5 Å². The van der Waals surface area contributed by atoms with Crippen LogP contribution in [0.15, 0.2) is 60.7 Å². The number of nitrogens with zero attached hydrogens (tertiary/aromatic N) is 4. The maximum Gasteiger partial charge on any atom is 0.159 e.